The summed E-state index contributed by atoms with van der Waals surface area (Å²) in [6, 6.07) is 7.27. The number of esters is 1. The van der Waals surface area contributed by atoms with Gasteiger partial charge in [-0.15, -0.1) is 0 Å². The third-order valence-corrected chi connectivity index (χ3v) is 2.98. The fraction of sp³-hybridized carbons (Fsp3) is 0.333. The first kappa shape index (κ1) is 17.4. The number of alkyl carbamates (subject to hydrolysis) is 1. The summed E-state index contributed by atoms with van der Waals surface area (Å²) in [7, 11) is 1.34. The lowest BCUT2D eigenvalue weighted by Crippen LogP contribution is -2.32. The summed E-state index contributed by atoms with van der Waals surface area (Å²) < 4.78 is 9.80. The minimum atomic E-state index is -0.534. The Labute approximate surface area is 140 Å². The van der Waals surface area contributed by atoms with Gasteiger partial charge in [-0.05, 0) is 39.0 Å². The molecule has 0 saturated heterocycles. The zero-order valence-electron chi connectivity index (χ0n) is 14.1. The van der Waals surface area contributed by atoms with Gasteiger partial charge in [0.2, 0.25) is 0 Å². The molecule has 0 aliphatic rings. The second-order valence-corrected chi connectivity index (χ2v) is 6.13. The molecule has 0 radical (unpaired) electrons. The highest BCUT2D eigenvalue weighted by Crippen LogP contribution is 2.17. The Morgan fingerprint density at radius 1 is 1.25 bits per heavy atom. The van der Waals surface area contributed by atoms with E-state index in [9.17, 15) is 9.59 Å². The summed E-state index contributed by atoms with van der Waals surface area (Å²) >= 11 is 0. The van der Waals surface area contributed by atoms with Crippen LogP contribution in [0, 0.1) is 11.8 Å². The summed E-state index contributed by atoms with van der Waals surface area (Å²) in [6.07, 6.45) is -0.501. The van der Waals surface area contributed by atoms with Crippen LogP contribution in [0.5, 0.6) is 0 Å². The van der Waals surface area contributed by atoms with Crippen molar-refractivity contribution < 1.29 is 19.1 Å². The maximum Gasteiger partial charge on any atom is 0.408 e. The number of benzene rings is 1. The van der Waals surface area contributed by atoms with Crippen LogP contribution >= 0.6 is 0 Å². The highest BCUT2D eigenvalue weighted by Gasteiger charge is 2.15. The molecule has 0 atom stereocenters. The number of H-pyrrole nitrogens is 1. The number of aromatic amines is 1. The van der Waals surface area contributed by atoms with Crippen LogP contribution in [-0.2, 0) is 9.47 Å². The molecule has 0 aliphatic carbocycles. The van der Waals surface area contributed by atoms with Gasteiger partial charge in [0.15, 0.2) is 0 Å². The number of carbonyl (C=O) groups excluding carboxylic acids is 2. The van der Waals surface area contributed by atoms with Crippen molar-refractivity contribution in [3.05, 3.63) is 35.5 Å². The lowest BCUT2D eigenvalue weighted by atomic mass is 10.1. The average molecular weight is 328 g/mol. The molecule has 1 aromatic carbocycles. The van der Waals surface area contributed by atoms with Crippen molar-refractivity contribution in [1.29, 1.82) is 0 Å². The zero-order chi connectivity index (χ0) is 17.7. The maximum absolute atomic E-state index is 11.5. The molecule has 1 heterocycles. The van der Waals surface area contributed by atoms with Gasteiger partial charge in [0.05, 0.1) is 13.7 Å². The number of ether oxygens (including phenoxy) is 2. The first-order valence-electron chi connectivity index (χ1n) is 7.45. The molecule has 0 aliphatic heterocycles. The number of aromatic nitrogens is 1. The van der Waals surface area contributed by atoms with Gasteiger partial charge in [0, 0.05) is 16.5 Å². The molecule has 6 nitrogen and oxygen atoms in total. The molecule has 2 rings (SSSR count). The normalized spacial score (nSPS) is 10.7. The molecular formula is C18H20N2O4. The Balaban J connectivity index is 2.01. The van der Waals surface area contributed by atoms with E-state index in [0.717, 1.165) is 16.5 Å². The van der Waals surface area contributed by atoms with Gasteiger partial charge in [0.1, 0.15) is 11.3 Å². The highest BCUT2D eigenvalue weighted by atomic mass is 16.6. The summed E-state index contributed by atoms with van der Waals surface area (Å²) in [5.41, 5.74) is 1.42. The second kappa shape index (κ2) is 7.09. The van der Waals surface area contributed by atoms with Gasteiger partial charge < -0.3 is 19.8 Å². The van der Waals surface area contributed by atoms with Crippen LogP contribution in [0.1, 0.15) is 36.8 Å². The number of amides is 1. The second-order valence-electron chi connectivity index (χ2n) is 6.13. The SMILES string of the molecule is COC(=O)c1cc2ccc(C#CCNC(=O)OC(C)(C)C)cc2[nH]1. The molecule has 0 unspecified atom stereocenters. The molecule has 126 valence electrons. The minimum Gasteiger partial charge on any atom is -0.464 e. The van der Waals surface area contributed by atoms with Crippen LogP contribution in [0.25, 0.3) is 10.9 Å². The quantitative estimate of drug-likeness (QED) is 0.656. The van der Waals surface area contributed by atoms with Gasteiger partial charge in [-0.1, -0.05) is 17.9 Å². The fourth-order valence-corrected chi connectivity index (χ4v) is 2.00. The predicted octanol–water partition coefficient (Wildman–Crippen LogP) is 2.83. The molecule has 0 fully saturated rings. The molecule has 0 spiro atoms. The Morgan fingerprint density at radius 3 is 2.67 bits per heavy atom. The number of rotatable bonds is 2. The topological polar surface area (TPSA) is 80.4 Å². The Hall–Kier alpha value is -2.94. The Morgan fingerprint density at radius 2 is 2.00 bits per heavy atom. The number of hydrogen-bond donors (Lipinski definition) is 2. The summed E-state index contributed by atoms with van der Waals surface area (Å²) in [6.45, 7) is 5.58. The predicted molar refractivity (Wildman–Crippen MR) is 90.8 cm³/mol. The number of fused-ring (bicyclic) bond motifs is 1. The summed E-state index contributed by atoms with van der Waals surface area (Å²) in [4.78, 5) is 26.0. The van der Waals surface area contributed by atoms with Crippen LogP contribution in [0.15, 0.2) is 24.3 Å². The van der Waals surface area contributed by atoms with E-state index in [4.69, 9.17) is 4.74 Å². The van der Waals surface area contributed by atoms with Crippen molar-refractivity contribution in [3.63, 3.8) is 0 Å². The van der Waals surface area contributed by atoms with Gasteiger partial charge in [-0.2, -0.15) is 0 Å². The maximum atomic E-state index is 11.5. The molecule has 1 amide bonds. The van der Waals surface area contributed by atoms with E-state index in [2.05, 4.69) is 26.9 Å². The molecule has 6 heteroatoms. The van der Waals surface area contributed by atoms with Crippen molar-refractivity contribution in [2.45, 2.75) is 26.4 Å². The van der Waals surface area contributed by atoms with Crippen LogP contribution in [-0.4, -0.2) is 36.3 Å². The number of hydrogen-bond acceptors (Lipinski definition) is 4. The van der Waals surface area contributed by atoms with Crippen LogP contribution in [0.2, 0.25) is 0 Å². The van der Waals surface area contributed by atoms with Crippen LogP contribution in [0.3, 0.4) is 0 Å². The fourth-order valence-electron chi connectivity index (χ4n) is 2.00. The lowest BCUT2D eigenvalue weighted by molar-refractivity contribution is 0.0533. The summed E-state index contributed by atoms with van der Waals surface area (Å²) in [5, 5.41) is 3.47. The van der Waals surface area contributed by atoms with Crippen molar-refractivity contribution >= 4 is 23.0 Å². The highest BCUT2D eigenvalue weighted by molar-refractivity contribution is 5.95. The third-order valence-electron chi connectivity index (χ3n) is 2.98. The minimum absolute atomic E-state index is 0.186. The number of carbonyl (C=O) groups is 2. The Kier molecular flexibility index (Phi) is 5.14. The van der Waals surface area contributed by atoms with E-state index < -0.39 is 17.7 Å². The Bertz CT molecular complexity index is 819. The van der Waals surface area contributed by atoms with Crippen molar-refractivity contribution in [1.82, 2.24) is 10.3 Å². The van der Waals surface area contributed by atoms with E-state index in [-0.39, 0.29) is 6.54 Å². The van der Waals surface area contributed by atoms with Crippen LogP contribution < -0.4 is 5.32 Å². The molecule has 0 saturated carbocycles. The van der Waals surface area contributed by atoms with Gasteiger partial charge >= 0.3 is 12.1 Å². The van der Waals surface area contributed by atoms with E-state index in [1.54, 1.807) is 26.8 Å². The largest absolute Gasteiger partial charge is 0.464 e. The van der Waals surface area contributed by atoms with Gasteiger partial charge in [-0.25, -0.2) is 9.59 Å². The van der Waals surface area contributed by atoms with E-state index in [0.29, 0.717) is 5.69 Å². The monoisotopic (exact) mass is 328 g/mol. The molecular weight excluding hydrogens is 308 g/mol. The standard InChI is InChI=1S/C18H20N2O4/c1-18(2,3)24-17(22)19-9-5-6-12-7-8-13-11-15(16(21)23-4)20-14(13)10-12/h7-8,10-11,20H,9H2,1-4H3,(H,19,22). The average Bonchev–Trinajstić information content (AvgIpc) is 2.92. The third kappa shape index (κ3) is 4.78. The first-order valence-corrected chi connectivity index (χ1v) is 7.45. The molecule has 2 aromatic rings. The van der Waals surface area contributed by atoms with Gasteiger partial charge in [0.25, 0.3) is 0 Å². The van der Waals surface area contributed by atoms with E-state index >= 15 is 0 Å². The molecule has 24 heavy (non-hydrogen) atoms. The molecule has 2 N–H and O–H groups in total. The van der Waals surface area contributed by atoms with Gasteiger partial charge in [-0.3, -0.25) is 0 Å². The van der Waals surface area contributed by atoms with Crippen molar-refractivity contribution in [3.8, 4) is 11.8 Å². The summed E-state index contributed by atoms with van der Waals surface area (Å²) in [5.74, 6) is 5.39. The van der Waals surface area contributed by atoms with Crippen LogP contribution in [0.4, 0.5) is 4.79 Å². The van der Waals surface area contributed by atoms with E-state index in [1.165, 1.54) is 7.11 Å². The zero-order valence-corrected chi connectivity index (χ0v) is 14.1. The lowest BCUT2D eigenvalue weighted by Gasteiger charge is -2.18. The smallest absolute Gasteiger partial charge is 0.408 e. The van der Waals surface area contributed by atoms with Crippen molar-refractivity contribution in [2.24, 2.45) is 0 Å². The molecule has 0 bridgehead atoms. The first-order chi connectivity index (χ1) is 11.3. The number of methoxy groups -OCH3 is 1. The van der Waals surface area contributed by atoms with E-state index in [1.807, 2.05) is 18.2 Å². The van der Waals surface area contributed by atoms with Crippen molar-refractivity contribution in [2.75, 3.05) is 13.7 Å². The number of nitrogens with one attached hydrogen (secondary N) is 2. The molecule has 1 aromatic heterocycles.